The molecule has 0 radical (unpaired) electrons. The molecular formula is C11H20O3Si. The summed E-state index contributed by atoms with van der Waals surface area (Å²) in [6.07, 6.45) is 3.03. The summed E-state index contributed by atoms with van der Waals surface area (Å²) in [5.74, 6) is -0.265. The van der Waals surface area contributed by atoms with Crippen molar-refractivity contribution in [1.29, 1.82) is 0 Å². The van der Waals surface area contributed by atoms with Gasteiger partial charge in [-0.25, -0.2) is 4.79 Å². The van der Waals surface area contributed by atoms with Crippen LogP contribution in [0.4, 0.5) is 0 Å². The van der Waals surface area contributed by atoms with Crippen molar-refractivity contribution in [2.24, 2.45) is 0 Å². The van der Waals surface area contributed by atoms with Crippen molar-refractivity contribution in [2.45, 2.75) is 45.0 Å². The molecule has 0 amide bonds. The Bertz CT molecular complexity index is 276. The average molecular weight is 228 g/mol. The molecule has 3 nitrogen and oxygen atoms in total. The molecule has 1 aliphatic rings. The van der Waals surface area contributed by atoms with Crippen LogP contribution in [0.2, 0.25) is 18.1 Å². The van der Waals surface area contributed by atoms with Crippen molar-refractivity contribution in [2.75, 3.05) is 6.61 Å². The maximum atomic E-state index is 10.8. The van der Waals surface area contributed by atoms with Crippen LogP contribution < -0.4 is 0 Å². The van der Waals surface area contributed by atoms with E-state index in [1.165, 1.54) is 6.08 Å². The second-order valence-corrected chi connectivity index (χ2v) is 10.2. The van der Waals surface area contributed by atoms with Crippen molar-refractivity contribution in [3.63, 3.8) is 0 Å². The largest absolute Gasteiger partial charge is 0.453 e. The van der Waals surface area contributed by atoms with Crippen molar-refractivity contribution in [1.82, 2.24) is 0 Å². The minimum atomic E-state index is -1.72. The van der Waals surface area contributed by atoms with Crippen LogP contribution in [-0.4, -0.2) is 27.0 Å². The number of ether oxygens (including phenoxy) is 1. The first-order valence-electron chi connectivity index (χ1n) is 5.25. The fraction of sp³-hybridized carbons (Fsp3) is 0.727. The average Bonchev–Trinajstić information content (AvgIpc) is 2.46. The van der Waals surface area contributed by atoms with Crippen LogP contribution in [0.3, 0.4) is 0 Å². The predicted octanol–water partition coefficient (Wildman–Crippen LogP) is 2.49. The number of carbonyl (C=O) groups is 1. The topological polar surface area (TPSA) is 35.5 Å². The highest BCUT2D eigenvalue weighted by atomic mass is 28.4. The van der Waals surface area contributed by atoms with Crippen molar-refractivity contribution < 1.29 is 14.0 Å². The van der Waals surface area contributed by atoms with Gasteiger partial charge in [0.1, 0.15) is 6.10 Å². The van der Waals surface area contributed by atoms with E-state index >= 15 is 0 Å². The summed E-state index contributed by atoms with van der Waals surface area (Å²) >= 11 is 0. The van der Waals surface area contributed by atoms with Gasteiger partial charge in [-0.3, -0.25) is 0 Å². The third-order valence-corrected chi connectivity index (χ3v) is 7.63. The molecule has 15 heavy (non-hydrogen) atoms. The Morgan fingerprint density at radius 2 is 2.07 bits per heavy atom. The van der Waals surface area contributed by atoms with E-state index in [0.29, 0.717) is 6.61 Å². The van der Waals surface area contributed by atoms with Gasteiger partial charge in [0, 0.05) is 6.08 Å². The first-order valence-corrected chi connectivity index (χ1v) is 8.16. The molecule has 0 saturated carbocycles. The molecule has 0 spiro atoms. The van der Waals surface area contributed by atoms with Crippen LogP contribution in [0.1, 0.15) is 20.8 Å². The maximum absolute atomic E-state index is 10.8. The number of esters is 1. The van der Waals surface area contributed by atoms with E-state index in [-0.39, 0.29) is 17.1 Å². The Morgan fingerprint density at radius 3 is 2.47 bits per heavy atom. The van der Waals surface area contributed by atoms with Gasteiger partial charge < -0.3 is 9.16 Å². The molecule has 0 fully saturated rings. The molecule has 0 N–H and O–H groups in total. The maximum Gasteiger partial charge on any atom is 0.331 e. The summed E-state index contributed by atoms with van der Waals surface area (Å²) in [5, 5.41) is 0.194. The quantitative estimate of drug-likeness (QED) is 0.550. The summed E-state index contributed by atoms with van der Waals surface area (Å²) in [5.41, 5.74) is 0. The summed E-state index contributed by atoms with van der Waals surface area (Å²) in [7, 11) is -1.72. The standard InChI is InChI=1S/C11H20O3Si/c1-11(2,3)15(4,5)13-8-9-6-7-10(12)14-9/h6-7,9H,8H2,1-5H3/t9-/m1/s1. The first kappa shape index (κ1) is 12.5. The molecular weight excluding hydrogens is 208 g/mol. The van der Waals surface area contributed by atoms with Gasteiger partial charge in [0.2, 0.25) is 0 Å². The van der Waals surface area contributed by atoms with Gasteiger partial charge in [0.15, 0.2) is 8.32 Å². The second kappa shape index (κ2) is 4.10. The number of carbonyl (C=O) groups excluding carboxylic acids is 1. The third kappa shape index (κ3) is 3.17. The van der Waals surface area contributed by atoms with Gasteiger partial charge >= 0.3 is 5.97 Å². The van der Waals surface area contributed by atoms with E-state index in [2.05, 4.69) is 33.9 Å². The van der Waals surface area contributed by atoms with Gasteiger partial charge in [0.25, 0.3) is 0 Å². The van der Waals surface area contributed by atoms with Gasteiger partial charge in [-0.05, 0) is 24.2 Å². The molecule has 0 aliphatic carbocycles. The predicted molar refractivity (Wildman–Crippen MR) is 62.2 cm³/mol. The normalized spacial score (nSPS) is 21.9. The van der Waals surface area contributed by atoms with E-state index in [9.17, 15) is 4.79 Å². The Balaban J connectivity index is 2.44. The fourth-order valence-electron chi connectivity index (χ4n) is 1.01. The molecule has 0 unspecified atom stereocenters. The van der Waals surface area contributed by atoms with Gasteiger partial charge in [-0.2, -0.15) is 0 Å². The molecule has 1 aliphatic heterocycles. The second-order valence-electron chi connectivity index (χ2n) is 5.41. The summed E-state index contributed by atoms with van der Waals surface area (Å²) in [6.45, 7) is 11.4. The Morgan fingerprint density at radius 1 is 1.47 bits per heavy atom. The minimum absolute atomic E-state index is 0.188. The minimum Gasteiger partial charge on any atom is -0.453 e. The summed E-state index contributed by atoms with van der Waals surface area (Å²) in [6, 6.07) is 0. The molecule has 0 aromatic heterocycles. The van der Waals surface area contributed by atoms with E-state index in [0.717, 1.165) is 0 Å². The van der Waals surface area contributed by atoms with E-state index in [1.807, 2.05) is 0 Å². The van der Waals surface area contributed by atoms with Crippen LogP contribution >= 0.6 is 0 Å². The highest BCUT2D eigenvalue weighted by Crippen LogP contribution is 2.36. The molecule has 0 aromatic rings. The van der Waals surface area contributed by atoms with Crippen molar-refractivity contribution in [3.8, 4) is 0 Å². The van der Waals surface area contributed by atoms with E-state index < -0.39 is 8.32 Å². The summed E-state index contributed by atoms with van der Waals surface area (Å²) in [4.78, 5) is 10.8. The molecule has 4 heteroatoms. The number of rotatable bonds is 3. The van der Waals surface area contributed by atoms with Crippen LogP contribution in [0.5, 0.6) is 0 Å². The van der Waals surface area contributed by atoms with Gasteiger partial charge in [-0.15, -0.1) is 0 Å². The lowest BCUT2D eigenvalue weighted by Crippen LogP contribution is -2.42. The van der Waals surface area contributed by atoms with Crippen LogP contribution in [0, 0.1) is 0 Å². The number of cyclic esters (lactones) is 1. The molecule has 86 valence electrons. The van der Waals surface area contributed by atoms with E-state index in [4.69, 9.17) is 9.16 Å². The van der Waals surface area contributed by atoms with Gasteiger partial charge in [0.05, 0.1) is 6.61 Å². The fourth-order valence-corrected chi connectivity index (χ4v) is 2.02. The lowest BCUT2D eigenvalue weighted by atomic mass is 10.2. The lowest BCUT2D eigenvalue weighted by molar-refractivity contribution is -0.139. The number of hydrogen-bond acceptors (Lipinski definition) is 3. The smallest absolute Gasteiger partial charge is 0.331 e. The first-order chi connectivity index (χ1) is 6.72. The molecule has 1 rings (SSSR count). The van der Waals surface area contributed by atoms with Crippen molar-refractivity contribution >= 4 is 14.3 Å². The highest BCUT2D eigenvalue weighted by Gasteiger charge is 2.37. The van der Waals surface area contributed by atoms with Crippen molar-refractivity contribution in [3.05, 3.63) is 12.2 Å². The monoisotopic (exact) mass is 228 g/mol. The van der Waals surface area contributed by atoms with Gasteiger partial charge in [-0.1, -0.05) is 20.8 Å². The Kier molecular flexibility index (Phi) is 3.40. The van der Waals surface area contributed by atoms with Crippen LogP contribution in [0.25, 0.3) is 0 Å². The summed E-state index contributed by atoms with van der Waals surface area (Å²) < 4.78 is 11.0. The molecule has 1 heterocycles. The molecule has 0 saturated heterocycles. The SMILES string of the molecule is CC(C)(C)[Si](C)(C)OC[C@H]1C=CC(=O)O1. The number of hydrogen-bond donors (Lipinski definition) is 0. The third-order valence-electron chi connectivity index (χ3n) is 3.13. The zero-order valence-corrected chi connectivity index (χ0v) is 11.2. The Hall–Kier alpha value is -0.613. The highest BCUT2D eigenvalue weighted by molar-refractivity contribution is 6.74. The van der Waals surface area contributed by atoms with Crippen LogP contribution in [0.15, 0.2) is 12.2 Å². The molecule has 0 bridgehead atoms. The van der Waals surface area contributed by atoms with Crippen LogP contribution in [-0.2, 0) is 14.0 Å². The Labute approximate surface area is 92.6 Å². The lowest BCUT2D eigenvalue weighted by Gasteiger charge is -2.36. The molecule has 1 atom stereocenters. The molecule has 0 aromatic carbocycles. The zero-order chi connectivity index (χ0) is 11.7. The zero-order valence-electron chi connectivity index (χ0n) is 10.2. The van der Waals surface area contributed by atoms with E-state index in [1.54, 1.807) is 6.08 Å².